The quantitative estimate of drug-likeness (QED) is 0.803. The van der Waals surface area contributed by atoms with Crippen molar-refractivity contribution in [2.75, 3.05) is 13.2 Å². The zero-order valence-corrected chi connectivity index (χ0v) is 12.1. The van der Waals surface area contributed by atoms with Gasteiger partial charge in [0.2, 0.25) is 0 Å². The zero-order chi connectivity index (χ0) is 14.5. The SMILES string of the molecule is CC(C)COc1ccc(C(=O)NCC(O)C2CC2)cc1. The van der Waals surface area contributed by atoms with Crippen molar-refractivity contribution in [1.82, 2.24) is 5.32 Å². The molecule has 1 unspecified atom stereocenters. The third-order valence-corrected chi connectivity index (χ3v) is 3.34. The highest BCUT2D eigenvalue weighted by Gasteiger charge is 2.29. The predicted molar refractivity (Wildman–Crippen MR) is 77.8 cm³/mol. The lowest BCUT2D eigenvalue weighted by Crippen LogP contribution is -2.33. The van der Waals surface area contributed by atoms with E-state index in [1.165, 1.54) is 0 Å². The largest absolute Gasteiger partial charge is 0.493 e. The highest BCUT2D eigenvalue weighted by Crippen LogP contribution is 2.32. The van der Waals surface area contributed by atoms with Crippen LogP contribution in [0.3, 0.4) is 0 Å². The molecular weight excluding hydrogens is 254 g/mol. The van der Waals surface area contributed by atoms with Gasteiger partial charge in [-0.15, -0.1) is 0 Å². The number of aliphatic hydroxyl groups excluding tert-OH is 1. The standard InChI is InChI=1S/C16H23NO3/c1-11(2)10-20-14-7-5-13(6-8-14)16(19)17-9-15(18)12-3-4-12/h5-8,11-12,15,18H,3-4,9-10H2,1-2H3,(H,17,19). The Bertz CT molecular complexity index is 438. The number of ether oxygens (including phenoxy) is 1. The fraction of sp³-hybridized carbons (Fsp3) is 0.562. The Kier molecular flexibility index (Phi) is 5.01. The maximum Gasteiger partial charge on any atom is 0.251 e. The Morgan fingerprint density at radius 1 is 1.35 bits per heavy atom. The molecule has 0 saturated heterocycles. The molecule has 4 nitrogen and oxygen atoms in total. The van der Waals surface area contributed by atoms with Crippen LogP contribution in [-0.4, -0.2) is 30.3 Å². The summed E-state index contributed by atoms with van der Waals surface area (Å²) in [6.07, 6.45) is 1.73. The first kappa shape index (κ1) is 14.9. The molecule has 0 aromatic heterocycles. The van der Waals surface area contributed by atoms with E-state index in [4.69, 9.17) is 4.74 Å². The maximum atomic E-state index is 11.9. The van der Waals surface area contributed by atoms with Crippen molar-refractivity contribution in [2.45, 2.75) is 32.8 Å². The van der Waals surface area contributed by atoms with Crippen molar-refractivity contribution in [2.24, 2.45) is 11.8 Å². The van der Waals surface area contributed by atoms with Crippen LogP contribution in [0.1, 0.15) is 37.0 Å². The lowest BCUT2D eigenvalue weighted by molar-refractivity contribution is 0.0901. The van der Waals surface area contributed by atoms with Crippen molar-refractivity contribution < 1.29 is 14.6 Å². The van der Waals surface area contributed by atoms with Gasteiger partial charge >= 0.3 is 0 Å². The second kappa shape index (κ2) is 6.75. The fourth-order valence-electron chi connectivity index (χ4n) is 1.91. The van der Waals surface area contributed by atoms with Gasteiger partial charge in [-0.2, -0.15) is 0 Å². The minimum Gasteiger partial charge on any atom is -0.493 e. The number of benzene rings is 1. The Balaban J connectivity index is 1.80. The highest BCUT2D eigenvalue weighted by atomic mass is 16.5. The monoisotopic (exact) mass is 277 g/mol. The van der Waals surface area contributed by atoms with E-state index in [1.54, 1.807) is 24.3 Å². The van der Waals surface area contributed by atoms with Gasteiger partial charge in [-0.1, -0.05) is 13.8 Å². The van der Waals surface area contributed by atoms with Gasteiger partial charge < -0.3 is 15.2 Å². The second-order valence-corrected chi connectivity index (χ2v) is 5.84. The third-order valence-electron chi connectivity index (χ3n) is 3.34. The van der Waals surface area contributed by atoms with Crippen molar-refractivity contribution in [3.8, 4) is 5.75 Å². The topological polar surface area (TPSA) is 58.6 Å². The van der Waals surface area contributed by atoms with Crippen molar-refractivity contribution in [1.29, 1.82) is 0 Å². The van der Waals surface area contributed by atoms with Crippen LogP contribution >= 0.6 is 0 Å². The van der Waals surface area contributed by atoms with Crippen LogP contribution in [-0.2, 0) is 0 Å². The Morgan fingerprint density at radius 3 is 2.55 bits per heavy atom. The second-order valence-electron chi connectivity index (χ2n) is 5.84. The summed E-state index contributed by atoms with van der Waals surface area (Å²) in [5, 5.41) is 12.5. The Hall–Kier alpha value is -1.55. The predicted octanol–water partition coefficient (Wildman–Crippen LogP) is 2.22. The van der Waals surface area contributed by atoms with Gasteiger partial charge in [0.05, 0.1) is 12.7 Å². The van der Waals surface area contributed by atoms with E-state index >= 15 is 0 Å². The molecule has 1 aliphatic rings. The molecule has 1 aliphatic carbocycles. The van der Waals surface area contributed by atoms with E-state index in [1.807, 2.05) is 0 Å². The number of carbonyl (C=O) groups excluding carboxylic acids is 1. The van der Waals surface area contributed by atoms with E-state index in [9.17, 15) is 9.90 Å². The first-order valence-corrected chi connectivity index (χ1v) is 7.25. The molecule has 4 heteroatoms. The first-order valence-electron chi connectivity index (χ1n) is 7.25. The highest BCUT2D eigenvalue weighted by molar-refractivity contribution is 5.94. The van der Waals surface area contributed by atoms with E-state index in [0.717, 1.165) is 18.6 Å². The third kappa shape index (κ3) is 4.53. The number of amides is 1. The molecule has 1 fully saturated rings. The average molecular weight is 277 g/mol. The summed E-state index contributed by atoms with van der Waals surface area (Å²) in [5.41, 5.74) is 0.588. The average Bonchev–Trinajstić information content (AvgIpc) is 3.27. The number of aliphatic hydroxyl groups is 1. The van der Waals surface area contributed by atoms with Crippen LogP contribution in [0.25, 0.3) is 0 Å². The number of hydrogen-bond donors (Lipinski definition) is 2. The van der Waals surface area contributed by atoms with Gasteiger partial charge in [0.15, 0.2) is 0 Å². The summed E-state index contributed by atoms with van der Waals surface area (Å²) in [7, 11) is 0. The van der Waals surface area contributed by atoms with E-state index < -0.39 is 6.10 Å². The molecule has 1 aromatic carbocycles. The Labute approximate surface area is 120 Å². The maximum absolute atomic E-state index is 11.9. The molecule has 0 aliphatic heterocycles. The van der Waals surface area contributed by atoms with Gasteiger partial charge in [0.25, 0.3) is 5.91 Å². The molecule has 0 bridgehead atoms. The molecule has 0 heterocycles. The summed E-state index contributed by atoms with van der Waals surface area (Å²) in [4.78, 5) is 11.9. The summed E-state index contributed by atoms with van der Waals surface area (Å²) in [6.45, 7) is 5.17. The molecule has 110 valence electrons. The van der Waals surface area contributed by atoms with Crippen LogP contribution in [0.2, 0.25) is 0 Å². The van der Waals surface area contributed by atoms with Crippen molar-refractivity contribution in [3.05, 3.63) is 29.8 Å². The van der Waals surface area contributed by atoms with Crippen LogP contribution in [0.4, 0.5) is 0 Å². The summed E-state index contributed by atoms with van der Waals surface area (Å²) >= 11 is 0. The summed E-state index contributed by atoms with van der Waals surface area (Å²) < 4.78 is 5.57. The molecule has 1 saturated carbocycles. The van der Waals surface area contributed by atoms with E-state index in [2.05, 4.69) is 19.2 Å². The van der Waals surface area contributed by atoms with E-state index in [0.29, 0.717) is 30.6 Å². The zero-order valence-electron chi connectivity index (χ0n) is 12.1. The molecule has 2 N–H and O–H groups in total. The van der Waals surface area contributed by atoms with E-state index in [-0.39, 0.29) is 5.91 Å². The minimum absolute atomic E-state index is 0.153. The van der Waals surface area contributed by atoms with Crippen LogP contribution in [0.15, 0.2) is 24.3 Å². The van der Waals surface area contributed by atoms with Gasteiger partial charge in [-0.05, 0) is 48.9 Å². The summed E-state index contributed by atoms with van der Waals surface area (Å²) in [5.74, 6) is 1.47. The molecule has 1 amide bonds. The number of nitrogens with one attached hydrogen (secondary N) is 1. The normalized spacial score (nSPS) is 16.0. The Morgan fingerprint density at radius 2 is 2.00 bits per heavy atom. The fourth-order valence-corrected chi connectivity index (χ4v) is 1.91. The molecule has 20 heavy (non-hydrogen) atoms. The summed E-state index contributed by atoms with van der Waals surface area (Å²) in [6, 6.07) is 7.09. The van der Waals surface area contributed by atoms with Gasteiger partial charge in [0.1, 0.15) is 5.75 Å². The number of hydrogen-bond acceptors (Lipinski definition) is 3. The molecule has 1 atom stereocenters. The molecule has 2 rings (SSSR count). The molecule has 0 radical (unpaired) electrons. The molecular formula is C16H23NO3. The molecule has 1 aromatic rings. The van der Waals surface area contributed by atoms with Gasteiger partial charge in [0, 0.05) is 12.1 Å². The van der Waals surface area contributed by atoms with Crippen molar-refractivity contribution >= 4 is 5.91 Å². The first-order chi connectivity index (χ1) is 9.56. The van der Waals surface area contributed by atoms with Crippen molar-refractivity contribution in [3.63, 3.8) is 0 Å². The minimum atomic E-state index is -0.410. The smallest absolute Gasteiger partial charge is 0.251 e. The van der Waals surface area contributed by atoms with Gasteiger partial charge in [-0.3, -0.25) is 4.79 Å². The molecule has 0 spiro atoms. The van der Waals surface area contributed by atoms with Gasteiger partial charge in [-0.25, -0.2) is 0 Å². The van der Waals surface area contributed by atoms with Crippen LogP contribution < -0.4 is 10.1 Å². The number of rotatable bonds is 7. The lowest BCUT2D eigenvalue weighted by atomic mass is 10.2. The number of carbonyl (C=O) groups is 1. The lowest BCUT2D eigenvalue weighted by Gasteiger charge is -2.11. The van der Waals surface area contributed by atoms with Crippen LogP contribution in [0, 0.1) is 11.8 Å². The van der Waals surface area contributed by atoms with Crippen LogP contribution in [0.5, 0.6) is 5.75 Å².